The van der Waals surface area contributed by atoms with Crippen molar-refractivity contribution in [2.75, 3.05) is 28.7 Å². The molecule has 15 N–H and O–H groups in total. The summed E-state index contributed by atoms with van der Waals surface area (Å²) in [4.78, 5) is 42.1. The van der Waals surface area contributed by atoms with Crippen LogP contribution in [0.5, 0.6) is 28.7 Å². The van der Waals surface area contributed by atoms with Crippen molar-refractivity contribution in [2.45, 2.75) is 0 Å². The molecular weight excluding hydrogens is 1670 g/mol. The fourth-order valence-corrected chi connectivity index (χ4v) is 12.2. The Morgan fingerprint density at radius 2 is 0.513 bits per heavy atom. The maximum atomic E-state index is 14.2. The molecule has 15 rings (SSSR count). The Bertz CT molecular complexity index is 5880. The average molecular weight is 1720 g/mol. The van der Waals surface area contributed by atoms with E-state index in [2.05, 4.69) is 49.8 Å². The summed E-state index contributed by atoms with van der Waals surface area (Å²) in [6.45, 7) is 0. The number of phenols is 5. The summed E-state index contributed by atoms with van der Waals surface area (Å²) in [6, 6.07) is 41.9. The molecule has 0 aliphatic carbocycles. The van der Waals surface area contributed by atoms with Gasteiger partial charge in [0.05, 0.1) is 123 Å². The second kappa shape index (κ2) is 36.5. The number of nitrogens with two attached hydrogens (primary N) is 5. The number of benzene rings is 10. The maximum absolute atomic E-state index is 14.2. The van der Waals surface area contributed by atoms with Gasteiger partial charge in [0.1, 0.15) is 92.6 Å². The number of phenolic OH excluding ortho intramolecular Hbond substituents is 5. The van der Waals surface area contributed by atoms with Crippen molar-refractivity contribution in [2.24, 2.45) is 0 Å². The first-order chi connectivity index (χ1) is 54.7. The lowest BCUT2D eigenvalue weighted by molar-refractivity contribution is 0.475. The van der Waals surface area contributed by atoms with E-state index in [0.717, 1.165) is 30.3 Å². The van der Waals surface area contributed by atoms with Crippen LogP contribution in [0.3, 0.4) is 0 Å². The molecule has 0 saturated heterocycles. The number of hydrogen-bond donors (Lipinski definition) is 10. The molecule has 0 amide bonds. The molecule has 15 aromatic rings. The zero-order chi connectivity index (χ0) is 82.8. The lowest BCUT2D eigenvalue weighted by Crippen LogP contribution is -2.00. The minimum Gasteiger partial charge on any atom is -0.506 e. The van der Waals surface area contributed by atoms with Crippen LogP contribution in [0, 0.1) is 40.7 Å². The number of nitrogen functional groups attached to an aromatic ring is 5. The third-order valence-corrected chi connectivity index (χ3v) is 18.3. The summed E-state index contributed by atoms with van der Waals surface area (Å²) in [5.41, 5.74) is 36.2. The SMILES string of the molecule is Nc1cnc(-c2ccc(O)c(Cl)c2)c(-c2c(F)cccc2Cl)n1.Nc1cnc(-c2ccc(O)c(Cl)c2)c(-c2cc(F)cc(Cl)c2)n1.Nc1cnc(-c2ccc(O)c(Cl)c2)c(-c2cc(F)cc(F)c2)n1.Nc1cnc(-c2ccc(O)c(Cl)c2)c(-c2ccc(Cl)c(F)c2)n1.Nc1cnc(-c2ccc(O)c(Cl)c2)c(-c2ccc(F)c(F)c2)n1. The van der Waals surface area contributed by atoms with E-state index in [-0.39, 0.29) is 126 Å². The summed E-state index contributed by atoms with van der Waals surface area (Å²) >= 11 is 47.4. The number of anilines is 5. The molecular formula is C80H50Cl8F7N15O5. The number of hydrogen-bond acceptors (Lipinski definition) is 20. The van der Waals surface area contributed by atoms with Crippen molar-refractivity contribution in [3.8, 4) is 141 Å². The number of aromatic nitrogens is 10. The van der Waals surface area contributed by atoms with E-state index >= 15 is 0 Å². The van der Waals surface area contributed by atoms with Crippen molar-refractivity contribution < 1.29 is 56.3 Å². The van der Waals surface area contributed by atoms with E-state index in [1.807, 2.05) is 0 Å². The van der Waals surface area contributed by atoms with Gasteiger partial charge >= 0.3 is 0 Å². The highest BCUT2D eigenvalue weighted by Gasteiger charge is 2.23. The molecule has 115 heavy (non-hydrogen) atoms. The second-order valence-corrected chi connectivity index (χ2v) is 27.2. The summed E-state index contributed by atoms with van der Waals surface area (Å²) in [5, 5.41) is 48.8. The monoisotopic (exact) mass is 1710 g/mol. The highest BCUT2D eigenvalue weighted by atomic mass is 35.5. The number of nitrogens with zero attached hydrogens (tertiary/aromatic N) is 10. The van der Waals surface area contributed by atoms with Crippen molar-refractivity contribution in [3.05, 3.63) is 294 Å². The molecule has 580 valence electrons. The van der Waals surface area contributed by atoms with Gasteiger partial charge in [-0.3, -0.25) is 24.9 Å². The highest BCUT2D eigenvalue weighted by molar-refractivity contribution is 6.35. The van der Waals surface area contributed by atoms with Crippen LogP contribution in [0.15, 0.2) is 213 Å². The zero-order valence-corrected chi connectivity index (χ0v) is 64.0. The van der Waals surface area contributed by atoms with Crippen molar-refractivity contribution in [1.29, 1.82) is 0 Å². The maximum Gasteiger partial charge on any atom is 0.159 e. The molecule has 10 aromatic carbocycles. The van der Waals surface area contributed by atoms with Crippen LogP contribution in [-0.2, 0) is 0 Å². The second-order valence-electron chi connectivity index (χ2n) is 24.0. The van der Waals surface area contributed by atoms with E-state index in [1.54, 1.807) is 60.7 Å². The molecule has 0 aliphatic rings. The van der Waals surface area contributed by atoms with Crippen LogP contribution in [-0.4, -0.2) is 75.4 Å². The molecule has 0 fully saturated rings. The Kier molecular flexibility index (Phi) is 26.5. The molecule has 0 radical (unpaired) electrons. The van der Waals surface area contributed by atoms with Crippen molar-refractivity contribution in [1.82, 2.24) is 49.8 Å². The van der Waals surface area contributed by atoms with Crippen molar-refractivity contribution in [3.63, 3.8) is 0 Å². The van der Waals surface area contributed by atoms with Crippen LogP contribution in [0.1, 0.15) is 0 Å². The van der Waals surface area contributed by atoms with Crippen LogP contribution >= 0.6 is 92.8 Å². The van der Waals surface area contributed by atoms with Gasteiger partial charge in [0, 0.05) is 61.2 Å². The summed E-state index contributed by atoms with van der Waals surface area (Å²) in [6.07, 6.45) is 6.81. The Labute approximate surface area is 687 Å². The van der Waals surface area contributed by atoms with Gasteiger partial charge in [0.25, 0.3) is 0 Å². The molecule has 0 atom stereocenters. The van der Waals surface area contributed by atoms with Crippen LogP contribution < -0.4 is 28.7 Å². The number of rotatable bonds is 10. The molecule has 35 heteroatoms. The Morgan fingerprint density at radius 3 is 0.835 bits per heavy atom. The summed E-state index contributed by atoms with van der Waals surface area (Å²) < 4.78 is 95.3. The van der Waals surface area contributed by atoms with Gasteiger partial charge in [0.15, 0.2) is 11.6 Å². The first-order valence-corrected chi connectivity index (χ1v) is 35.6. The smallest absolute Gasteiger partial charge is 0.159 e. The molecule has 5 heterocycles. The Morgan fingerprint density at radius 1 is 0.226 bits per heavy atom. The molecule has 0 spiro atoms. The summed E-state index contributed by atoms with van der Waals surface area (Å²) in [7, 11) is 0. The molecule has 0 bridgehead atoms. The van der Waals surface area contributed by atoms with E-state index < -0.39 is 40.7 Å². The average Bonchev–Trinajstić information content (AvgIpc) is 0.823. The minimum absolute atomic E-state index is 0.0137. The Balaban J connectivity index is 0.000000142. The largest absolute Gasteiger partial charge is 0.506 e. The lowest BCUT2D eigenvalue weighted by atomic mass is 10.0. The van der Waals surface area contributed by atoms with E-state index in [1.165, 1.54) is 122 Å². The van der Waals surface area contributed by atoms with Crippen LogP contribution in [0.4, 0.5) is 59.8 Å². The number of halogens is 15. The standard InChI is InChI=1S/3C16H10Cl2FN3O.2C16H10ClF2N3O/c17-10-3-1-9(6-12(10)19)16-15(21-7-14(20)22-16)8-2-4-13(23)11(18)5-8;17-10-3-9(4-11(19)6-10)16-15(21-7-14(20)22-16)8-1-2-13(23)12(18)5-8;17-9-2-1-3-11(19)14(9)16-15(21-7-13(20)22-16)8-4-5-12(23)10(18)6-8;17-10-5-8(2-4-13(10)23)15-16(22-14(20)7-21-15)9-1-3-11(18)12(19)6-9;17-12-5-8(1-2-13(12)23)15-16(22-14(20)7-21-15)9-3-10(18)6-11(19)4-9/h5*1-7,23H,(H2,20,22). The molecule has 20 nitrogen and oxygen atoms in total. The van der Waals surface area contributed by atoms with E-state index in [0.29, 0.717) is 84.4 Å². The predicted octanol–water partition coefficient (Wildman–Crippen LogP) is 21.7. The zero-order valence-electron chi connectivity index (χ0n) is 58.0. The normalized spacial score (nSPS) is 10.7. The van der Waals surface area contributed by atoms with Crippen molar-refractivity contribution >= 4 is 122 Å². The fraction of sp³-hybridized carbons (Fsp3) is 0. The fourth-order valence-electron chi connectivity index (χ4n) is 10.7. The molecule has 0 unspecified atom stereocenters. The van der Waals surface area contributed by atoms with E-state index in [4.69, 9.17) is 121 Å². The predicted molar refractivity (Wildman–Crippen MR) is 435 cm³/mol. The highest BCUT2D eigenvalue weighted by Crippen LogP contribution is 2.42. The third kappa shape index (κ3) is 20.5. The quantitative estimate of drug-likeness (QED) is 0.0569. The number of aromatic hydroxyl groups is 5. The van der Waals surface area contributed by atoms with Gasteiger partial charge in [-0.05, 0) is 164 Å². The lowest BCUT2D eigenvalue weighted by Gasteiger charge is -2.12. The van der Waals surface area contributed by atoms with Crippen LogP contribution in [0.25, 0.3) is 113 Å². The first kappa shape index (κ1) is 83.4. The Hall–Kier alpha value is -12.6. The van der Waals surface area contributed by atoms with E-state index in [9.17, 15) is 56.3 Å². The van der Waals surface area contributed by atoms with Gasteiger partial charge < -0.3 is 54.2 Å². The topological polar surface area (TPSA) is 360 Å². The minimum atomic E-state index is -0.999. The van der Waals surface area contributed by atoms with Gasteiger partial charge in [-0.25, -0.2) is 55.7 Å². The van der Waals surface area contributed by atoms with Crippen LogP contribution in [0.2, 0.25) is 40.2 Å². The summed E-state index contributed by atoms with van der Waals surface area (Å²) in [5.74, 6) is -4.58. The first-order valence-electron chi connectivity index (χ1n) is 32.6. The van der Waals surface area contributed by atoms with Gasteiger partial charge in [0.2, 0.25) is 0 Å². The van der Waals surface area contributed by atoms with Gasteiger partial charge in [-0.1, -0.05) is 105 Å². The molecule has 0 saturated carbocycles. The molecule has 0 aliphatic heterocycles. The van der Waals surface area contributed by atoms with Gasteiger partial charge in [-0.15, -0.1) is 0 Å². The van der Waals surface area contributed by atoms with Gasteiger partial charge in [-0.2, -0.15) is 0 Å². The third-order valence-electron chi connectivity index (χ3n) is 15.9. The molecule has 5 aromatic heterocycles.